The first-order chi connectivity index (χ1) is 9.18. The Morgan fingerprint density at radius 2 is 2.05 bits per heavy atom. The minimum Gasteiger partial charge on any atom is -0.366 e. The van der Waals surface area contributed by atoms with E-state index < -0.39 is 0 Å². The van der Waals surface area contributed by atoms with Gasteiger partial charge in [-0.3, -0.25) is 0 Å². The Bertz CT molecular complexity index is 417. The molecule has 1 aromatic carbocycles. The average molecular weight is 261 g/mol. The summed E-state index contributed by atoms with van der Waals surface area (Å²) in [7, 11) is 6.15. The third-order valence-corrected chi connectivity index (χ3v) is 3.22. The number of benzene rings is 1. The molecule has 1 heterocycles. The number of rotatable bonds is 6. The molecule has 4 nitrogen and oxygen atoms in total. The maximum Gasteiger partial charge on any atom is 0.123 e. The number of nitrogens with one attached hydrogen (secondary N) is 1. The van der Waals surface area contributed by atoms with E-state index >= 15 is 0 Å². The highest BCUT2D eigenvalue weighted by molar-refractivity contribution is 5.27. The fourth-order valence-corrected chi connectivity index (χ4v) is 2.13. The molecule has 0 unspecified atom stereocenters. The van der Waals surface area contributed by atoms with Gasteiger partial charge in [0.25, 0.3) is 0 Å². The quantitative estimate of drug-likeness (QED) is 0.842. The molecule has 19 heavy (non-hydrogen) atoms. The minimum absolute atomic E-state index is 0.00106. The van der Waals surface area contributed by atoms with E-state index in [9.17, 15) is 0 Å². The summed E-state index contributed by atoms with van der Waals surface area (Å²) in [5.74, 6) is 0. The third kappa shape index (κ3) is 3.80. The van der Waals surface area contributed by atoms with Gasteiger partial charge in [-0.2, -0.15) is 0 Å². The Labute approximate surface area is 115 Å². The van der Waals surface area contributed by atoms with Crippen molar-refractivity contribution in [1.29, 1.82) is 0 Å². The first kappa shape index (κ1) is 14.1. The normalized spacial score (nSPS) is 16.8. The molecule has 2 rings (SSSR count). The SMILES string of the molecule is CN(C)CCO[C@@H](C1=CCNN1C)c1ccccc1. The highest BCUT2D eigenvalue weighted by Gasteiger charge is 2.23. The molecule has 0 fully saturated rings. The zero-order valence-electron chi connectivity index (χ0n) is 12.0. The molecule has 0 aromatic heterocycles. The van der Waals surface area contributed by atoms with E-state index in [-0.39, 0.29) is 6.10 Å². The van der Waals surface area contributed by atoms with E-state index in [2.05, 4.69) is 54.8 Å². The van der Waals surface area contributed by atoms with Gasteiger partial charge in [-0.05, 0) is 25.7 Å². The molecule has 1 aromatic rings. The van der Waals surface area contributed by atoms with Gasteiger partial charge in [0.1, 0.15) is 6.10 Å². The standard InChI is InChI=1S/C15H23N3O/c1-17(2)11-12-19-15(13-7-5-4-6-8-13)14-9-10-16-18(14)3/h4-9,15-16H,10-12H2,1-3H3/t15-/m1/s1. The number of hydrazine groups is 1. The first-order valence-corrected chi connectivity index (χ1v) is 6.67. The monoisotopic (exact) mass is 261 g/mol. The summed E-state index contributed by atoms with van der Waals surface area (Å²) < 4.78 is 6.10. The van der Waals surface area contributed by atoms with Crippen LogP contribution in [0.2, 0.25) is 0 Å². The summed E-state index contributed by atoms with van der Waals surface area (Å²) in [6.45, 7) is 2.51. The van der Waals surface area contributed by atoms with Gasteiger partial charge in [-0.25, -0.2) is 5.43 Å². The van der Waals surface area contributed by atoms with Crippen molar-refractivity contribution in [2.75, 3.05) is 40.8 Å². The first-order valence-electron chi connectivity index (χ1n) is 6.67. The molecule has 0 aliphatic carbocycles. The van der Waals surface area contributed by atoms with Crippen LogP contribution in [-0.2, 0) is 4.74 Å². The smallest absolute Gasteiger partial charge is 0.123 e. The van der Waals surface area contributed by atoms with E-state index in [1.54, 1.807) is 0 Å². The van der Waals surface area contributed by atoms with Crippen LogP contribution >= 0.6 is 0 Å². The molecule has 0 saturated heterocycles. The van der Waals surface area contributed by atoms with Crippen LogP contribution in [0.5, 0.6) is 0 Å². The lowest BCUT2D eigenvalue weighted by molar-refractivity contribution is 0.0479. The van der Waals surface area contributed by atoms with Crippen LogP contribution in [0.1, 0.15) is 11.7 Å². The Balaban J connectivity index is 2.10. The summed E-state index contributed by atoms with van der Waals surface area (Å²) in [6, 6.07) is 10.4. The van der Waals surface area contributed by atoms with Crippen molar-refractivity contribution in [1.82, 2.24) is 15.3 Å². The van der Waals surface area contributed by atoms with Crippen molar-refractivity contribution in [2.24, 2.45) is 0 Å². The van der Waals surface area contributed by atoms with Gasteiger partial charge in [0.05, 0.1) is 12.3 Å². The predicted octanol–water partition coefficient (Wildman–Crippen LogP) is 1.64. The summed E-state index contributed by atoms with van der Waals surface area (Å²) >= 11 is 0. The lowest BCUT2D eigenvalue weighted by Crippen LogP contribution is -2.31. The van der Waals surface area contributed by atoms with Crippen LogP contribution in [0.15, 0.2) is 42.1 Å². The molecule has 1 aliphatic rings. The van der Waals surface area contributed by atoms with Crippen molar-refractivity contribution >= 4 is 0 Å². The van der Waals surface area contributed by atoms with Crippen molar-refractivity contribution < 1.29 is 4.74 Å². The van der Waals surface area contributed by atoms with Crippen molar-refractivity contribution in [3.8, 4) is 0 Å². The van der Waals surface area contributed by atoms with Crippen LogP contribution in [0.4, 0.5) is 0 Å². The molecule has 0 saturated carbocycles. The Hall–Kier alpha value is -1.36. The maximum atomic E-state index is 6.10. The molecular weight excluding hydrogens is 238 g/mol. The number of likely N-dealkylation sites (N-methyl/N-ethyl adjacent to an activating group) is 2. The molecule has 1 aliphatic heterocycles. The molecular formula is C15H23N3O. The molecule has 1 N–H and O–H groups in total. The fourth-order valence-electron chi connectivity index (χ4n) is 2.13. The Morgan fingerprint density at radius 3 is 2.63 bits per heavy atom. The largest absolute Gasteiger partial charge is 0.366 e. The summed E-state index contributed by atoms with van der Waals surface area (Å²) in [4.78, 5) is 2.13. The molecule has 0 spiro atoms. The number of hydrogen-bond donors (Lipinski definition) is 1. The van der Waals surface area contributed by atoms with Crippen molar-refractivity contribution in [3.05, 3.63) is 47.7 Å². The average Bonchev–Trinajstić information content (AvgIpc) is 2.82. The van der Waals surface area contributed by atoms with Gasteiger partial charge < -0.3 is 14.6 Å². The zero-order chi connectivity index (χ0) is 13.7. The van der Waals surface area contributed by atoms with Gasteiger partial charge in [-0.1, -0.05) is 30.3 Å². The van der Waals surface area contributed by atoms with Crippen LogP contribution in [0, 0.1) is 0 Å². The van der Waals surface area contributed by atoms with E-state index in [1.807, 2.05) is 18.1 Å². The summed E-state index contributed by atoms with van der Waals surface area (Å²) in [6.07, 6.45) is 2.19. The zero-order valence-corrected chi connectivity index (χ0v) is 12.0. The molecule has 4 heteroatoms. The van der Waals surface area contributed by atoms with E-state index in [0.717, 1.165) is 19.7 Å². The Kier molecular flexibility index (Phi) is 4.96. The molecule has 104 valence electrons. The molecule has 1 atom stereocenters. The van der Waals surface area contributed by atoms with Gasteiger partial charge in [0.2, 0.25) is 0 Å². The highest BCUT2D eigenvalue weighted by atomic mass is 16.5. The fraction of sp³-hybridized carbons (Fsp3) is 0.467. The van der Waals surface area contributed by atoms with Gasteiger partial charge in [0.15, 0.2) is 0 Å². The topological polar surface area (TPSA) is 27.7 Å². The van der Waals surface area contributed by atoms with Crippen molar-refractivity contribution in [3.63, 3.8) is 0 Å². The molecule has 0 amide bonds. The molecule has 0 bridgehead atoms. The van der Waals surface area contributed by atoms with Crippen LogP contribution in [-0.4, -0.2) is 50.7 Å². The van der Waals surface area contributed by atoms with Crippen LogP contribution < -0.4 is 5.43 Å². The van der Waals surface area contributed by atoms with E-state index in [4.69, 9.17) is 4.74 Å². The van der Waals surface area contributed by atoms with E-state index in [0.29, 0.717) is 0 Å². The summed E-state index contributed by atoms with van der Waals surface area (Å²) in [5, 5.41) is 2.05. The summed E-state index contributed by atoms with van der Waals surface area (Å²) in [5.41, 5.74) is 5.65. The predicted molar refractivity (Wildman–Crippen MR) is 77.5 cm³/mol. The second kappa shape index (κ2) is 6.70. The van der Waals surface area contributed by atoms with Gasteiger partial charge in [0, 0.05) is 20.1 Å². The highest BCUT2D eigenvalue weighted by Crippen LogP contribution is 2.28. The molecule has 0 radical (unpaired) electrons. The lowest BCUT2D eigenvalue weighted by Gasteiger charge is -2.26. The number of ether oxygens (including phenoxy) is 1. The Morgan fingerprint density at radius 1 is 1.32 bits per heavy atom. The van der Waals surface area contributed by atoms with Gasteiger partial charge >= 0.3 is 0 Å². The third-order valence-electron chi connectivity index (χ3n) is 3.22. The lowest BCUT2D eigenvalue weighted by atomic mass is 10.1. The maximum absolute atomic E-state index is 6.10. The second-order valence-corrected chi connectivity index (χ2v) is 5.02. The second-order valence-electron chi connectivity index (χ2n) is 5.02. The van der Waals surface area contributed by atoms with Crippen LogP contribution in [0.25, 0.3) is 0 Å². The van der Waals surface area contributed by atoms with Gasteiger partial charge in [-0.15, -0.1) is 0 Å². The van der Waals surface area contributed by atoms with Crippen LogP contribution in [0.3, 0.4) is 0 Å². The minimum atomic E-state index is 0.00106. The van der Waals surface area contributed by atoms with Crippen molar-refractivity contribution in [2.45, 2.75) is 6.10 Å². The number of nitrogens with zero attached hydrogens (tertiary/aromatic N) is 2. The van der Waals surface area contributed by atoms with E-state index in [1.165, 1.54) is 11.3 Å². The number of hydrogen-bond acceptors (Lipinski definition) is 4.